The van der Waals surface area contributed by atoms with Gasteiger partial charge in [-0.15, -0.1) is 0 Å². The summed E-state index contributed by atoms with van der Waals surface area (Å²) in [6.07, 6.45) is 5.32. The third-order valence-electron chi connectivity index (χ3n) is 5.00. The Balaban J connectivity index is -0.000000616. The highest BCUT2D eigenvalue weighted by molar-refractivity contribution is 5.94. The molecule has 0 aliphatic heterocycles. The zero-order valence-electron chi connectivity index (χ0n) is 28.8. The highest BCUT2D eigenvalue weighted by Gasteiger charge is 2.15. The van der Waals surface area contributed by atoms with Crippen LogP contribution in [0.3, 0.4) is 0 Å². The number of hydrogen-bond donors (Lipinski definition) is 6. The fourth-order valence-corrected chi connectivity index (χ4v) is 2.61. The lowest BCUT2D eigenvalue weighted by atomic mass is 10.1. The lowest BCUT2D eigenvalue weighted by molar-refractivity contribution is -0.130. The number of aliphatic hydroxyl groups excluding tert-OH is 1. The first-order valence-corrected chi connectivity index (χ1v) is 15.4. The maximum Gasteiger partial charge on any atom is 0.407 e. The summed E-state index contributed by atoms with van der Waals surface area (Å²) >= 11 is 0. The second-order valence-corrected chi connectivity index (χ2v) is 11.2. The third kappa shape index (κ3) is 38.7. The monoisotopic (exact) mass is 643 g/mol. The van der Waals surface area contributed by atoms with Crippen LogP contribution in [0.2, 0.25) is 0 Å². The van der Waals surface area contributed by atoms with Crippen LogP contribution in [0.25, 0.3) is 0 Å². The van der Waals surface area contributed by atoms with Gasteiger partial charge in [-0.3, -0.25) is 14.4 Å². The standard InChI is InChI=1S/C13H17N3O5.C9H19NO2.C6H14O.C4H11N/c14-11(18)7-21-8-13(20)15-5-12(19)16-10-3-1-9(6-17)2-4-10;1-5-6-7-10-8(11)12-9(2,3)4;1-6(2)4-5-7-3;1-2-3-4-5/h1-4,17H,5-8H2,(H2,14,18)(H,15,20)(H,16,19);5-7H2,1-4H3,(H,10,11);6H,4-5H2,1-3H3;2-5H2,1H3. The Morgan fingerprint density at radius 2 is 1.53 bits per heavy atom. The molecule has 0 aliphatic rings. The molecule has 13 heteroatoms. The Bertz CT molecular complexity index is 889. The van der Waals surface area contributed by atoms with Gasteiger partial charge in [0.15, 0.2) is 0 Å². The molecule has 0 radical (unpaired) electrons. The van der Waals surface area contributed by atoms with Crippen molar-refractivity contribution in [1.29, 1.82) is 0 Å². The van der Waals surface area contributed by atoms with Gasteiger partial charge >= 0.3 is 6.09 Å². The van der Waals surface area contributed by atoms with E-state index in [0.717, 1.165) is 37.5 Å². The maximum absolute atomic E-state index is 11.6. The average Bonchev–Trinajstić information content (AvgIpc) is 2.96. The summed E-state index contributed by atoms with van der Waals surface area (Å²) in [6.45, 7) is 15.6. The zero-order chi connectivity index (χ0) is 35.1. The predicted molar refractivity (Wildman–Crippen MR) is 178 cm³/mol. The molecule has 4 amide bonds. The highest BCUT2D eigenvalue weighted by atomic mass is 16.6. The largest absolute Gasteiger partial charge is 0.444 e. The molecule has 0 fully saturated rings. The van der Waals surface area contributed by atoms with E-state index in [-0.39, 0.29) is 32.5 Å². The van der Waals surface area contributed by atoms with Crippen LogP contribution < -0.4 is 27.4 Å². The molecule has 1 aromatic carbocycles. The number of hydrogen-bond acceptors (Lipinski definition) is 9. The molecule has 0 heterocycles. The Labute approximate surface area is 270 Å². The van der Waals surface area contributed by atoms with Gasteiger partial charge in [-0.2, -0.15) is 0 Å². The summed E-state index contributed by atoms with van der Waals surface area (Å²) in [4.78, 5) is 44.2. The van der Waals surface area contributed by atoms with Gasteiger partial charge in [0.2, 0.25) is 17.7 Å². The SMILES string of the molecule is CCCCN.CCCCNC(=O)OC(C)(C)C.COCCC(C)C.NC(=O)COCC(=O)NCC(=O)Nc1ccc(CO)cc1. The molecule has 8 N–H and O–H groups in total. The number of unbranched alkanes of at least 4 members (excludes halogenated alkanes) is 2. The number of rotatable bonds is 16. The minimum Gasteiger partial charge on any atom is -0.444 e. The molecule has 1 aromatic rings. The molecule has 0 bridgehead atoms. The minimum atomic E-state index is -0.674. The van der Waals surface area contributed by atoms with Gasteiger partial charge in [-0.25, -0.2) is 4.79 Å². The molecule has 0 unspecified atom stereocenters. The van der Waals surface area contributed by atoms with Crippen LogP contribution >= 0.6 is 0 Å². The first kappa shape index (κ1) is 46.2. The molecule has 13 nitrogen and oxygen atoms in total. The number of ether oxygens (including phenoxy) is 3. The summed E-state index contributed by atoms with van der Waals surface area (Å²) in [5.41, 5.74) is 10.9. The normalized spacial score (nSPS) is 10.1. The second-order valence-electron chi connectivity index (χ2n) is 11.2. The number of primary amides is 1. The molecule has 262 valence electrons. The number of methoxy groups -OCH3 is 1. The van der Waals surface area contributed by atoms with Gasteiger partial charge in [-0.1, -0.05) is 52.7 Å². The van der Waals surface area contributed by atoms with E-state index in [1.54, 1.807) is 31.4 Å². The highest BCUT2D eigenvalue weighted by Crippen LogP contribution is 2.09. The van der Waals surface area contributed by atoms with Gasteiger partial charge in [0.25, 0.3) is 0 Å². The van der Waals surface area contributed by atoms with Crippen LogP contribution in [0.4, 0.5) is 10.5 Å². The Morgan fingerprint density at radius 1 is 0.933 bits per heavy atom. The van der Waals surface area contributed by atoms with Gasteiger partial charge < -0.3 is 46.7 Å². The summed E-state index contributed by atoms with van der Waals surface area (Å²) < 4.78 is 14.6. The topological polar surface area (TPSA) is 204 Å². The van der Waals surface area contributed by atoms with Crippen LogP contribution in [0, 0.1) is 5.92 Å². The molecule has 0 aromatic heterocycles. The van der Waals surface area contributed by atoms with E-state index in [1.165, 1.54) is 19.3 Å². The summed E-state index contributed by atoms with van der Waals surface area (Å²) in [6, 6.07) is 6.63. The fraction of sp³-hybridized carbons (Fsp3) is 0.688. The molecule has 0 atom stereocenters. The summed E-state index contributed by atoms with van der Waals surface area (Å²) in [5.74, 6) is -0.830. The van der Waals surface area contributed by atoms with Crippen LogP contribution in [-0.2, 0) is 35.2 Å². The molecule has 0 saturated carbocycles. The van der Waals surface area contributed by atoms with E-state index in [9.17, 15) is 19.2 Å². The number of alkyl carbamates (subject to hydrolysis) is 1. The van der Waals surface area contributed by atoms with Crippen LogP contribution in [0.15, 0.2) is 24.3 Å². The number of carbonyl (C=O) groups is 4. The van der Waals surface area contributed by atoms with E-state index in [4.69, 9.17) is 30.8 Å². The Hall–Kier alpha value is -3.26. The molecular formula is C32H61N5O8. The number of carbonyl (C=O) groups excluding carboxylic acids is 4. The molecule has 45 heavy (non-hydrogen) atoms. The molecule has 0 saturated heterocycles. The summed E-state index contributed by atoms with van der Waals surface area (Å²) in [5, 5.41) is 16.5. The van der Waals surface area contributed by atoms with E-state index in [0.29, 0.717) is 12.2 Å². The number of amides is 4. The maximum atomic E-state index is 11.6. The number of nitrogens with one attached hydrogen (secondary N) is 3. The molecular weight excluding hydrogens is 582 g/mol. The van der Waals surface area contributed by atoms with Gasteiger partial charge in [0, 0.05) is 25.9 Å². The number of nitrogens with two attached hydrogens (primary N) is 2. The average molecular weight is 644 g/mol. The van der Waals surface area contributed by atoms with Crippen molar-refractivity contribution in [3.05, 3.63) is 29.8 Å². The number of benzene rings is 1. The smallest absolute Gasteiger partial charge is 0.407 e. The number of anilines is 1. The van der Waals surface area contributed by atoms with Crippen molar-refractivity contribution in [2.45, 2.75) is 92.8 Å². The quantitative estimate of drug-likeness (QED) is 0.146. The Kier molecular flexibility index (Phi) is 31.5. The van der Waals surface area contributed by atoms with Crippen molar-refractivity contribution in [1.82, 2.24) is 10.6 Å². The van der Waals surface area contributed by atoms with E-state index >= 15 is 0 Å². The van der Waals surface area contributed by atoms with Crippen molar-refractivity contribution in [2.24, 2.45) is 17.4 Å². The van der Waals surface area contributed by atoms with Gasteiger partial charge in [0.05, 0.1) is 13.2 Å². The lowest BCUT2D eigenvalue weighted by Crippen LogP contribution is -2.35. The van der Waals surface area contributed by atoms with Crippen molar-refractivity contribution in [2.75, 3.05) is 51.9 Å². The van der Waals surface area contributed by atoms with Crippen LogP contribution in [0.5, 0.6) is 0 Å². The molecule has 0 spiro atoms. The van der Waals surface area contributed by atoms with Gasteiger partial charge in [0.1, 0.15) is 18.8 Å². The van der Waals surface area contributed by atoms with E-state index < -0.39 is 23.3 Å². The summed E-state index contributed by atoms with van der Waals surface area (Å²) in [7, 11) is 1.74. The minimum absolute atomic E-state index is 0.0738. The van der Waals surface area contributed by atoms with E-state index in [2.05, 4.69) is 43.6 Å². The van der Waals surface area contributed by atoms with Gasteiger partial charge in [-0.05, 0) is 70.2 Å². The van der Waals surface area contributed by atoms with Crippen molar-refractivity contribution in [3.63, 3.8) is 0 Å². The van der Waals surface area contributed by atoms with Crippen LogP contribution in [-0.4, -0.2) is 81.1 Å². The predicted octanol–water partition coefficient (Wildman–Crippen LogP) is 3.47. The number of aliphatic hydroxyl groups is 1. The second kappa shape index (κ2) is 30.8. The first-order valence-electron chi connectivity index (χ1n) is 15.4. The molecule has 0 aliphatic carbocycles. The fourth-order valence-electron chi connectivity index (χ4n) is 2.61. The van der Waals surface area contributed by atoms with Crippen molar-refractivity contribution < 1.29 is 38.5 Å². The Morgan fingerprint density at radius 3 is 1.93 bits per heavy atom. The lowest BCUT2D eigenvalue weighted by Gasteiger charge is -2.19. The third-order valence-corrected chi connectivity index (χ3v) is 5.00. The first-order chi connectivity index (χ1) is 21.1. The van der Waals surface area contributed by atoms with Crippen LogP contribution in [0.1, 0.15) is 86.1 Å². The zero-order valence-corrected chi connectivity index (χ0v) is 28.8. The van der Waals surface area contributed by atoms with Crippen molar-refractivity contribution >= 4 is 29.5 Å². The molecule has 1 rings (SSSR count). The van der Waals surface area contributed by atoms with E-state index in [1.807, 2.05) is 20.8 Å². The van der Waals surface area contributed by atoms with Crippen molar-refractivity contribution in [3.8, 4) is 0 Å².